The Morgan fingerprint density at radius 1 is 1.36 bits per heavy atom. The summed E-state index contributed by atoms with van der Waals surface area (Å²) in [4.78, 5) is 24.0. The van der Waals surface area contributed by atoms with Gasteiger partial charge in [0.1, 0.15) is 0 Å². The van der Waals surface area contributed by atoms with E-state index in [1.807, 2.05) is 4.98 Å². The van der Waals surface area contributed by atoms with E-state index >= 15 is 0 Å². The van der Waals surface area contributed by atoms with Crippen molar-refractivity contribution in [2.45, 2.75) is 0 Å². The Balaban J connectivity index is 0. The van der Waals surface area contributed by atoms with Crippen molar-refractivity contribution < 1.29 is 9.87 Å². The fraction of sp³-hybridized carbons (Fsp3) is 0. The first-order valence-electron chi connectivity index (χ1n) is 2.17. The van der Waals surface area contributed by atoms with Gasteiger partial charge >= 0.3 is 57.1 Å². The van der Waals surface area contributed by atoms with E-state index in [1.165, 1.54) is 0 Å². The van der Waals surface area contributed by atoms with Gasteiger partial charge in [-0.05, 0) is 0 Å². The van der Waals surface area contributed by atoms with Crippen molar-refractivity contribution in [1.29, 1.82) is 0 Å². The summed E-state index contributed by atoms with van der Waals surface area (Å²) in [6.45, 7) is 0. The van der Waals surface area contributed by atoms with Gasteiger partial charge in [0.2, 0.25) is 5.82 Å². The summed E-state index contributed by atoms with van der Waals surface area (Å²) in [5.74, 6) is -0.991. The summed E-state index contributed by atoms with van der Waals surface area (Å²) in [6.07, 6.45) is 0.709. The molecular weight excluding hydrogens is 182 g/mol. The topological polar surface area (TPSA) is 97.2 Å². The minimum absolute atomic E-state index is 0. The van der Waals surface area contributed by atoms with Gasteiger partial charge in [-0.3, -0.25) is 9.78 Å². The average Bonchev–Trinajstić information content (AvgIpc) is 1.80. The second kappa shape index (κ2) is 5.81. The number of halogens is 1. The van der Waals surface area contributed by atoms with E-state index < -0.39 is 17.1 Å². The van der Waals surface area contributed by atoms with Crippen LogP contribution in [0.15, 0.2) is 15.8 Å². The van der Waals surface area contributed by atoms with Crippen LogP contribution in [0.2, 0.25) is 0 Å². The van der Waals surface area contributed by atoms with Crippen molar-refractivity contribution in [2.24, 2.45) is 0 Å². The molecule has 58 valence electrons. The van der Waals surface area contributed by atoms with E-state index in [-0.39, 0.29) is 56.9 Å². The zero-order valence-corrected chi connectivity index (χ0v) is 4.77. The summed E-state index contributed by atoms with van der Waals surface area (Å²) < 4.78 is 12.0. The van der Waals surface area contributed by atoms with Crippen LogP contribution in [0.3, 0.4) is 0 Å². The van der Waals surface area contributed by atoms with Crippen LogP contribution in [0.4, 0.5) is 4.39 Å². The van der Waals surface area contributed by atoms with E-state index in [4.69, 9.17) is 0 Å². The number of aromatic nitrogens is 2. The number of hydrogen-bond donors (Lipinski definition) is 2. The predicted octanol–water partition coefficient (Wildman–Crippen LogP) is -2.27. The molecule has 0 radical (unpaired) electrons. The number of rotatable bonds is 0. The molecule has 11 heavy (non-hydrogen) atoms. The molecule has 0 amide bonds. The molecule has 1 rings (SSSR count). The molecule has 0 fully saturated rings. The monoisotopic (exact) mass is 188 g/mol. The number of hydrogen-bond acceptors (Lipinski definition) is 2. The molecule has 0 bridgehead atoms. The van der Waals surface area contributed by atoms with Crippen molar-refractivity contribution >= 4 is 51.4 Å². The minimum atomic E-state index is -1.00. The number of aromatic amines is 2. The zero-order chi connectivity index (χ0) is 6.85. The van der Waals surface area contributed by atoms with E-state index in [2.05, 4.69) is 0 Å². The third-order valence-electron chi connectivity index (χ3n) is 0.774. The van der Waals surface area contributed by atoms with Crippen LogP contribution in [0.25, 0.3) is 0 Å². The molecule has 0 atom stereocenters. The molecule has 5 nitrogen and oxygen atoms in total. The maximum absolute atomic E-state index is 12.0. The van der Waals surface area contributed by atoms with Crippen LogP contribution in [0.5, 0.6) is 0 Å². The number of nitrogens with one attached hydrogen (secondary N) is 2. The Morgan fingerprint density at radius 2 is 1.91 bits per heavy atom. The SMILES string of the molecule is O.O=c1[nH]cc(F)c(=O)[nH]1.[KH]. The summed E-state index contributed by atoms with van der Waals surface area (Å²) in [5.41, 5.74) is -1.71. The first-order chi connectivity index (χ1) is 4.20. The van der Waals surface area contributed by atoms with Gasteiger partial charge in [-0.15, -0.1) is 0 Å². The van der Waals surface area contributed by atoms with Gasteiger partial charge in [-0.2, -0.15) is 4.39 Å². The Kier molecular flexibility index (Phi) is 7.27. The van der Waals surface area contributed by atoms with E-state index in [0.29, 0.717) is 6.20 Å². The molecule has 0 spiro atoms. The van der Waals surface area contributed by atoms with Gasteiger partial charge in [0.05, 0.1) is 0 Å². The molecule has 1 aromatic rings. The van der Waals surface area contributed by atoms with Crippen LogP contribution >= 0.6 is 0 Å². The van der Waals surface area contributed by atoms with Crippen molar-refractivity contribution in [1.82, 2.24) is 9.97 Å². The second-order valence-electron chi connectivity index (χ2n) is 1.42. The van der Waals surface area contributed by atoms with Crippen LogP contribution in [0, 0.1) is 5.82 Å². The van der Waals surface area contributed by atoms with Gasteiger partial charge in [-0.25, -0.2) is 4.79 Å². The third kappa shape index (κ3) is 3.94. The molecular formula is C4H6FKN2O3. The molecule has 0 unspecified atom stereocenters. The molecule has 0 aliphatic carbocycles. The van der Waals surface area contributed by atoms with Gasteiger partial charge < -0.3 is 10.5 Å². The third-order valence-corrected chi connectivity index (χ3v) is 0.774. The standard InChI is InChI=1S/C4H3FN2O2.K.H2O.H/c5-2-1-6-4(9)7-3(2)8;;;/h1H,(H2,6,7,8,9);;1H2;. The van der Waals surface area contributed by atoms with E-state index in [0.717, 1.165) is 0 Å². The van der Waals surface area contributed by atoms with Gasteiger partial charge in [0.25, 0.3) is 5.56 Å². The van der Waals surface area contributed by atoms with Crippen molar-refractivity contribution in [3.8, 4) is 0 Å². The molecule has 4 N–H and O–H groups in total. The zero-order valence-electron chi connectivity index (χ0n) is 4.77. The first-order valence-corrected chi connectivity index (χ1v) is 2.17. The molecule has 1 aromatic heterocycles. The van der Waals surface area contributed by atoms with Gasteiger partial charge in [0, 0.05) is 6.20 Å². The Bertz CT molecular complexity index is 320. The quantitative estimate of drug-likeness (QED) is 0.449. The van der Waals surface area contributed by atoms with Crippen molar-refractivity contribution in [2.75, 3.05) is 0 Å². The predicted molar refractivity (Wildman–Crippen MR) is 38.4 cm³/mol. The summed E-state index contributed by atoms with van der Waals surface area (Å²) in [7, 11) is 0. The molecule has 7 heteroatoms. The summed E-state index contributed by atoms with van der Waals surface area (Å²) >= 11 is 0. The van der Waals surface area contributed by atoms with Crippen molar-refractivity contribution in [3.63, 3.8) is 0 Å². The molecule has 0 saturated carbocycles. The van der Waals surface area contributed by atoms with Gasteiger partial charge in [0.15, 0.2) is 0 Å². The molecule has 0 aliphatic rings. The summed E-state index contributed by atoms with van der Waals surface area (Å²) in [6, 6.07) is 0. The van der Waals surface area contributed by atoms with E-state index in [1.54, 1.807) is 4.98 Å². The Hall–Kier alpha value is 0.206. The van der Waals surface area contributed by atoms with Crippen LogP contribution in [-0.2, 0) is 0 Å². The van der Waals surface area contributed by atoms with Crippen LogP contribution in [-0.4, -0.2) is 66.8 Å². The fourth-order valence-electron chi connectivity index (χ4n) is 0.393. The molecule has 0 aliphatic heterocycles. The molecule has 1 heterocycles. The molecule has 0 aromatic carbocycles. The molecule has 0 saturated heterocycles. The summed E-state index contributed by atoms with van der Waals surface area (Å²) in [5, 5.41) is 0. The fourth-order valence-corrected chi connectivity index (χ4v) is 0.393. The average molecular weight is 188 g/mol. The van der Waals surface area contributed by atoms with E-state index in [9.17, 15) is 14.0 Å². The van der Waals surface area contributed by atoms with Crippen LogP contribution < -0.4 is 11.2 Å². The Morgan fingerprint density at radius 3 is 2.27 bits per heavy atom. The number of H-pyrrole nitrogens is 2. The van der Waals surface area contributed by atoms with Crippen molar-refractivity contribution in [3.05, 3.63) is 32.9 Å². The first kappa shape index (κ1) is 13.8. The van der Waals surface area contributed by atoms with Crippen LogP contribution in [0.1, 0.15) is 0 Å². The Labute approximate surface area is 103 Å². The second-order valence-corrected chi connectivity index (χ2v) is 1.42. The normalized spacial score (nSPS) is 7.73. The maximum atomic E-state index is 12.0. The van der Waals surface area contributed by atoms with Gasteiger partial charge in [-0.1, -0.05) is 0 Å².